The van der Waals surface area contributed by atoms with Gasteiger partial charge in [0, 0.05) is 12.5 Å². The summed E-state index contributed by atoms with van der Waals surface area (Å²) in [5.41, 5.74) is 1.53. The predicted octanol–water partition coefficient (Wildman–Crippen LogP) is 1.30. The number of fused-ring (bicyclic) bond motifs is 1. The summed E-state index contributed by atoms with van der Waals surface area (Å²) in [4.78, 5) is 11.9. The van der Waals surface area contributed by atoms with Crippen molar-refractivity contribution >= 4 is 17.0 Å². The Balaban J connectivity index is 2.11. The molecule has 6 heteroatoms. The van der Waals surface area contributed by atoms with E-state index in [1.54, 1.807) is 13.2 Å². The molecule has 0 saturated heterocycles. The third-order valence-corrected chi connectivity index (χ3v) is 2.38. The minimum absolute atomic E-state index is 0.126. The normalized spacial score (nSPS) is 10.6. The predicted molar refractivity (Wildman–Crippen MR) is 60.9 cm³/mol. The fourth-order valence-electron chi connectivity index (χ4n) is 1.54. The molecule has 0 spiro atoms. The number of hydrogen-bond acceptors (Lipinski definition) is 4. The van der Waals surface area contributed by atoms with Gasteiger partial charge in [-0.3, -0.25) is 4.79 Å². The number of methoxy groups -OCH3 is 1. The lowest BCUT2D eigenvalue weighted by Crippen LogP contribution is -2.04. The van der Waals surface area contributed by atoms with E-state index in [9.17, 15) is 4.79 Å². The van der Waals surface area contributed by atoms with E-state index in [2.05, 4.69) is 10.2 Å². The zero-order valence-corrected chi connectivity index (χ0v) is 9.46. The van der Waals surface area contributed by atoms with E-state index in [0.29, 0.717) is 13.0 Å². The molecule has 0 radical (unpaired) electrons. The van der Waals surface area contributed by atoms with Crippen LogP contribution >= 0.6 is 0 Å². The third-order valence-electron chi connectivity index (χ3n) is 2.38. The maximum atomic E-state index is 10.4. The van der Waals surface area contributed by atoms with E-state index in [-0.39, 0.29) is 6.42 Å². The van der Waals surface area contributed by atoms with Crippen molar-refractivity contribution in [2.24, 2.45) is 0 Å². The van der Waals surface area contributed by atoms with Crippen LogP contribution in [0.4, 0.5) is 0 Å². The Hall–Kier alpha value is -2.11. The molecular weight excluding hydrogens is 222 g/mol. The van der Waals surface area contributed by atoms with Crippen LogP contribution in [0.25, 0.3) is 11.0 Å². The number of aryl methyl sites for hydroxylation is 1. The summed E-state index contributed by atoms with van der Waals surface area (Å²) in [5.74, 6) is -0.0709. The van der Waals surface area contributed by atoms with Crippen LogP contribution in [0.5, 0.6) is 5.75 Å². The van der Waals surface area contributed by atoms with Gasteiger partial charge in [0.2, 0.25) is 0 Å². The SMILES string of the molecule is COc1ccc2nn(CCCC(=O)O)nc2c1. The molecular formula is C11H13N3O3. The van der Waals surface area contributed by atoms with Crippen molar-refractivity contribution < 1.29 is 14.6 Å². The van der Waals surface area contributed by atoms with Crippen molar-refractivity contribution in [2.45, 2.75) is 19.4 Å². The highest BCUT2D eigenvalue weighted by molar-refractivity contribution is 5.75. The average molecular weight is 235 g/mol. The molecule has 1 aromatic heterocycles. The van der Waals surface area contributed by atoms with Gasteiger partial charge in [-0.05, 0) is 18.6 Å². The number of rotatable bonds is 5. The van der Waals surface area contributed by atoms with Crippen molar-refractivity contribution in [3.8, 4) is 5.75 Å². The first-order valence-electron chi connectivity index (χ1n) is 5.30. The number of carboxylic acids is 1. The van der Waals surface area contributed by atoms with Gasteiger partial charge in [-0.2, -0.15) is 15.0 Å². The van der Waals surface area contributed by atoms with Crippen LogP contribution in [-0.4, -0.2) is 33.2 Å². The number of benzene rings is 1. The van der Waals surface area contributed by atoms with E-state index in [1.165, 1.54) is 4.80 Å². The summed E-state index contributed by atoms with van der Waals surface area (Å²) < 4.78 is 5.09. The van der Waals surface area contributed by atoms with E-state index >= 15 is 0 Å². The molecule has 0 bridgehead atoms. The minimum atomic E-state index is -0.802. The topological polar surface area (TPSA) is 77.2 Å². The Morgan fingerprint density at radius 2 is 2.18 bits per heavy atom. The maximum Gasteiger partial charge on any atom is 0.303 e. The molecule has 0 fully saturated rings. The molecule has 1 heterocycles. The summed E-state index contributed by atoms with van der Waals surface area (Å²) in [6.45, 7) is 0.503. The molecule has 0 aliphatic heterocycles. The minimum Gasteiger partial charge on any atom is -0.497 e. The third kappa shape index (κ3) is 2.72. The molecule has 17 heavy (non-hydrogen) atoms. The largest absolute Gasteiger partial charge is 0.497 e. The Labute approximate surface area is 97.8 Å². The fraction of sp³-hybridized carbons (Fsp3) is 0.364. The van der Waals surface area contributed by atoms with Gasteiger partial charge in [0.1, 0.15) is 16.8 Å². The molecule has 6 nitrogen and oxygen atoms in total. The standard InChI is InChI=1S/C11H13N3O3/c1-17-8-4-5-9-10(7-8)13-14(12-9)6-2-3-11(15)16/h4-5,7H,2-3,6H2,1H3,(H,15,16). The molecule has 0 aliphatic rings. The van der Waals surface area contributed by atoms with Crippen molar-refractivity contribution in [1.82, 2.24) is 15.0 Å². The van der Waals surface area contributed by atoms with Crippen LogP contribution in [-0.2, 0) is 11.3 Å². The lowest BCUT2D eigenvalue weighted by molar-refractivity contribution is -0.137. The monoisotopic (exact) mass is 235 g/mol. The Bertz CT molecular complexity index is 536. The van der Waals surface area contributed by atoms with E-state index < -0.39 is 5.97 Å². The average Bonchev–Trinajstić information content (AvgIpc) is 2.69. The highest BCUT2D eigenvalue weighted by Crippen LogP contribution is 2.17. The highest BCUT2D eigenvalue weighted by atomic mass is 16.5. The molecule has 0 atom stereocenters. The molecule has 0 aliphatic carbocycles. The first-order chi connectivity index (χ1) is 8.19. The van der Waals surface area contributed by atoms with Crippen LogP contribution < -0.4 is 4.74 Å². The Morgan fingerprint density at radius 3 is 2.88 bits per heavy atom. The number of aromatic nitrogens is 3. The quantitative estimate of drug-likeness (QED) is 0.845. The molecule has 1 aromatic carbocycles. The van der Waals surface area contributed by atoms with E-state index in [4.69, 9.17) is 9.84 Å². The number of carboxylic acid groups (broad SMARTS) is 1. The van der Waals surface area contributed by atoms with Crippen LogP contribution in [0, 0.1) is 0 Å². The first-order valence-corrected chi connectivity index (χ1v) is 5.30. The van der Waals surface area contributed by atoms with Crippen LogP contribution in [0.2, 0.25) is 0 Å². The summed E-state index contributed by atoms with van der Waals surface area (Å²) in [6.07, 6.45) is 0.647. The number of aliphatic carboxylic acids is 1. The van der Waals surface area contributed by atoms with Crippen molar-refractivity contribution in [3.63, 3.8) is 0 Å². The first kappa shape index (κ1) is 11.4. The van der Waals surface area contributed by atoms with E-state index in [1.807, 2.05) is 12.1 Å². The zero-order valence-electron chi connectivity index (χ0n) is 9.46. The highest BCUT2D eigenvalue weighted by Gasteiger charge is 2.04. The smallest absolute Gasteiger partial charge is 0.303 e. The molecule has 0 saturated carbocycles. The molecule has 2 rings (SSSR count). The second-order valence-electron chi connectivity index (χ2n) is 3.65. The van der Waals surface area contributed by atoms with Gasteiger partial charge in [0.25, 0.3) is 0 Å². The number of ether oxygens (including phenoxy) is 1. The van der Waals surface area contributed by atoms with Gasteiger partial charge in [-0.15, -0.1) is 0 Å². The molecule has 0 amide bonds. The van der Waals surface area contributed by atoms with Gasteiger partial charge < -0.3 is 9.84 Å². The summed E-state index contributed by atoms with van der Waals surface area (Å²) >= 11 is 0. The number of hydrogen-bond donors (Lipinski definition) is 1. The summed E-state index contributed by atoms with van der Waals surface area (Å²) in [5, 5.41) is 17.0. The van der Waals surface area contributed by atoms with Crippen molar-refractivity contribution in [3.05, 3.63) is 18.2 Å². The lowest BCUT2D eigenvalue weighted by Gasteiger charge is -1.96. The number of nitrogens with zero attached hydrogens (tertiary/aromatic N) is 3. The van der Waals surface area contributed by atoms with Crippen molar-refractivity contribution in [1.29, 1.82) is 0 Å². The molecule has 1 N–H and O–H groups in total. The fourth-order valence-corrected chi connectivity index (χ4v) is 1.54. The maximum absolute atomic E-state index is 10.4. The second-order valence-corrected chi connectivity index (χ2v) is 3.65. The van der Waals surface area contributed by atoms with Gasteiger partial charge >= 0.3 is 5.97 Å². The van der Waals surface area contributed by atoms with Crippen LogP contribution in [0.3, 0.4) is 0 Å². The molecule has 0 unspecified atom stereocenters. The van der Waals surface area contributed by atoms with Gasteiger partial charge in [-0.1, -0.05) is 0 Å². The summed E-state index contributed by atoms with van der Waals surface area (Å²) in [6, 6.07) is 5.45. The molecule has 90 valence electrons. The second kappa shape index (κ2) is 4.82. The van der Waals surface area contributed by atoms with E-state index in [0.717, 1.165) is 16.8 Å². The van der Waals surface area contributed by atoms with Gasteiger partial charge in [0.15, 0.2) is 0 Å². The molecule has 2 aromatic rings. The zero-order chi connectivity index (χ0) is 12.3. The van der Waals surface area contributed by atoms with Crippen molar-refractivity contribution in [2.75, 3.05) is 7.11 Å². The van der Waals surface area contributed by atoms with Crippen LogP contribution in [0.15, 0.2) is 18.2 Å². The van der Waals surface area contributed by atoms with Crippen LogP contribution in [0.1, 0.15) is 12.8 Å². The Morgan fingerprint density at radius 1 is 1.41 bits per heavy atom. The van der Waals surface area contributed by atoms with Gasteiger partial charge in [0.05, 0.1) is 13.7 Å². The Kier molecular flexibility index (Phi) is 3.22. The lowest BCUT2D eigenvalue weighted by atomic mass is 10.3. The summed E-state index contributed by atoms with van der Waals surface area (Å²) in [7, 11) is 1.60. The number of carbonyl (C=O) groups is 1. The van der Waals surface area contributed by atoms with Gasteiger partial charge in [-0.25, -0.2) is 0 Å².